The minimum absolute atomic E-state index is 0.139. The summed E-state index contributed by atoms with van der Waals surface area (Å²) >= 11 is 6.15. The van der Waals surface area contributed by atoms with Gasteiger partial charge in [-0.15, -0.1) is 0 Å². The third-order valence-electron chi connectivity index (χ3n) is 5.67. The van der Waals surface area contributed by atoms with Crippen LogP contribution in [0.4, 0.5) is 0 Å². The molecular weight excluding hydrogens is 404 g/mol. The Morgan fingerprint density at radius 3 is 2.50 bits per heavy atom. The molecule has 0 atom stereocenters. The van der Waals surface area contributed by atoms with Crippen LogP contribution in [0.5, 0.6) is 0 Å². The van der Waals surface area contributed by atoms with Crippen LogP contribution in [-0.4, -0.2) is 52.4 Å². The molecule has 7 nitrogen and oxygen atoms in total. The lowest BCUT2D eigenvalue weighted by molar-refractivity contribution is -0.139. The van der Waals surface area contributed by atoms with Gasteiger partial charge in [0, 0.05) is 30.9 Å². The van der Waals surface area contributed by atoms with Gasteiger partial charge >= 0.3 is 0 Å². The van der Waals surface area contributed by atoms with Crippen molar-refractivity contribution in [2.75, 3.05) is 26.3 Å². The van der Waals surface area contributed by atoms with Crippen LogP contribution in [0.25, 0.3) is 5.65 Å². The van der Waals surface area contributed by atoms with E-state index < -0.39 is 5.91 Å². The second-order valence-corrected chi connectivity index (χ2v) is 7.96. The highest BCUT2D eigenvalue weighted by molar-refractivity contribution is 6.30. The molecule has 0 aliphatic carbocycles. The number of carbonyl (C=O) groups is 2. The van der Waals surface area contributed by atoms with E-state index in [1.165, 1.54) is 5.56 Å². The van der Waals surface area contributed by atoms with Crippen molar-refractivity contribution in [3.8, 4) is 0 Å². The second kappa shape index (κ2) is 8.45. The average molecular weight is 427 g/mol. The van der Waals surface area contributed by atoms with Crippen LogP contribution in [0.2, 0.25) is 5.02 Å². The molecule has 1 saturated heterocycles. The van der Waals surface area contributed by atoms with Crippen molar-refractivity contribution in [1.29, 1.82) is 0 Å². The number of ether oxygens (including phenoxy) is 1. The maximum Gasteiger partial charge on any atom is 0.248 e. The lowest BCUT2D eigenvalue weighted by atomic mass is 9.70. The lowest BCUT2D eigenvalue weighted by Crippen LogP contribution is -2.47. The van der Waals surface area contributed by atoms with Gasteiger partial charge in [0.15, 0.2) is 0 Å². The van der Waals surface area contributed by atoms with Gasteiger partial charge in [0.1, 0.15) is 18.9 Å². The zero-order valence-electron chi connectivity index (χ0n) is 16.5. The fourth-order valence-electron chi connectivity index (χ4n) is 4.11. The molecule has 0 spiro atoms. The van der Waals surface area contributed by atoms with Crippen LogP contribution in [-0.2, 0) is 19.7 Å². The summed E-state index contributed by atoms with van der Waals surface area (Å²) < 4.78 is 7.03. The summed E-state index contributed by atoms with van der Waals surface area (Å²) in [6.07, 6.45) is 5.34. The van der Waals surface area contributed by atoms with Crippen LogP contribution in [0.15, 0.2) is 54.9 Å². The number of aromatic nitrogens is 2. The van der Waals surface area contributed by atoms with Crippen LogP contribution < -0.4 is 5.73 Å². The number of nitrogens with zero attached hydrogens (tertiary/aromatic N) is 3. The summed E-state index contributed by atoms with van der Waals surface area (Å²) in [7, 11) is 0. The second-order valence-electron chi connectivity index (χ2n) is 7.53. The topological polar surface area (TPSA) is 89.9 Å². The minimum atomic E-state index is -0.587. The van der Waals surface area contributed by atoms with Gasteiger partial charge in [0.05, 0.1) is 10.7 Å². The molecule has 1 aliphatic heterocycles. The Balaban J connectivity index is 1.59. The fraction of sp³-hybridized carbons (Fsp3) is 0.318. The quantitative estimate of drug-likeness (QED) is 0.655. The number of likely N-dealkylation sites (tertiary alicyclic amines) is 1. The summed E-state index contributed by atoms with van der Waals surface area (Å²) in [6.45, 7) is 0.746. The molecule has 30 heavy (non-hydrogen) atoms. The highest BCUT2D eigenvalue weighted by Crippen LogP contribution is 2.41. The maximum atomic E-state index is 12.5. The van der Waals surface area contributed by atoms with Gasteiger partial charge in [-0.1, -0.05) is 41.9 Å². The Morgan fingerprint density at radius 2 is 1.80 bits per heavy atom. The molecule has 0 bridgehead atoms. The Morgan fingerprint density at radius 1 is 1.07 bits per heavy atom. The number of halogens is 1. The molecule has 3 heterocycles. The van der Waals surface area contributed by atoms with Gasteiger partial charge in [0.2, 0.25) is 11.8 Å². The Kier molecular flexibility index (Phi) is 5.74. The van der Waals surface area contributed by atoms with Crippen molar-refractivity contribution in [1.82, 2.24) is 14.3 Å². The Hall–Kier alpha value is -2.90. The van der Waals surface area contributed by atoms with E-state index in [2.05, 4.69) is 12.1 Å². The Labute approximate surface area is 179 Å². The van der Waals surface area contributed by atoms with E-state index in [0.29, 0.717) is 18.1 Å². The van der Waals surface area contributed by atoms with Crippen LogP contribution in [0.3, 0.4) is 0 Å². The molecule has 2 amide bonds. The standard InChI is InChI=1S/C22H23ClN4O3/c23-17-6-7-20-25-18(13-27(20)12-17)22(16-4-2-1-3-5-16)8-10-26(11-9-22)21(29)15-30-14-19(24)28/h1-7,12-13H,8-11,14-15H2,(H2,24,28). The van der Waals surface area contributed by atoms with Gasteiger partial charge in [-0.2, -0.15) is 0 Å². The van der Waals surface area contributed by atoms with Crippen molar-refractivity contribution in [2.24, 2.45) is 5.73 Å². The van der Waals surface area contributed by atoms with Gasteiger partial charge in [-0.05, 0) is 30.5 Å². The molecule has 156 valence electrons. The van der Waals surface area contributed by atoms with Gasteiger partial charge < -0.3 is 19.8 Å². The average Bonchev–Trinajstić information content (AvgIpc) is 3.18. The van der Waals surface area contributed by atoms with E-state index in [9.17, 15) is 9.59 Å². The number of rotatable bonds is 6. The highest BCUT2D eigenvalue weighted by Gasteiger charge is 2.40. The summed E-state index contributed by atoms with van der Waals surface area (Å²) in [4.78, 5) is 29.9. The van der Waals surface area contributed by atoms with Crippen LogP contribution >= 0.6 is 11.6 Å². The maximum absolute atomic E-state index is 12.5. The Bertz CT molecular complexity index is 1060. The summed E-state index contributed by atoms with van der Waals surface area (Å²) in [6, 6.07) is 14.0. The first kappa shape index (κ1) is 20.4. The van der Waals surface area contributed by atoms with Crippen LogP contribution in [0, 0.1) is 0 Å². The SMILES string of the molecule is NC(=O)COCC(=O)N1CCC(c2ccccc2)(c2cn3cc(Cl)ccc3n2)CC1. The third-order valence-corrected chi connectivity index (χ3v) is 5.89. The zero-order chi connectivity index (χ0) is 21.1. The molecule has 1 aromatic carbocycles. The first-order valence-corrected chi connectivity index (χ1v) is 10.2. The van der Waals surface area contributed by atoms with E-state index >= 15 is 0 Å². The number of nitrogens with two attached hydrogens (primary N) is 1. The van der Waals surface area contributed by atoms with E-state index in [4.69, 9.17) is 27.1 Å². The molecule has 1 aliphatic rings. The predicted molar refractivity (Wildman–Crippen MR) is 113 cm³/mol. The lowest BCUT2D eigenvalue weighted by Gasteiger charge is -2.41. The summed E-state index contributed by atoms with van der Waals surface area (Å²) in [5, 5.41) is 0.650. The normalized spacial score (nSPS) is 16.0. The van der Waals surface area contributed by atoms with Crippen molar-refractivity contribution in [3.63, 3.8) is 0 Å². The molecule has 0 unspecified atom stereocenters. The number of imidazole rings is 1. The predicted octanol–water partition coefficient (Wildman–Crippen LogP) is 2.40. The largest absolute Gasteiger partial charge is 0.368 e. The first-order chi connectivity index (χ1) is 14.5. The smallest absolute Gasteiger partial charge is 0.248 e. The molecule has 1 fully saturated rings. The first-order valence-electron chi connectivity index (χ1n) is 9.82. The number of fused-ring (bicyclic) bond motifs is 1. The molecule has 0 radical (unpaired) electrons. The highest BCUT2D eigenvalue weighted by atomic mass is 35.5. The van der Waals surface area contributed by atoms with Crippen molar-refractivity contribution < 1.29 is 14.3 Å². The molecular formula is C22H23ClN4O3. The van der Waals surface area contributed by atoms with Gasteiger partial charge in [-0.3, -0.25) is 9.59 Å². The molecule has 3 aromatic rings. The number of hydrogen-bond donors (Lipinski definition) is 1. The monoisotopic (exact) mass is 426 g/mol. The molecule has 2 aromatic heterocycles. The van der Waals surface area contributed by atoms with E-state index in [1.54, 1.807) is 4.90 Å². The number of pyridine rings is 1. The van der Waals surface area contributed by atoms with Crippen LogP contribution in [0.1, 0.15) is 24.1 Å². The number of hydrogen-bond acceptors (Lipinski definition) is 4. The molecule has 0 saturated carbocycles. The van der Waals surface area contributed by atoms with Crippen molar-refractivity contribution in [2.45, 2.75) is 18.3 Å². The number of primary amides is 1. The third kappa shape index (κ3) is 4.04. The fourth-order valence-corrected chi connectivity index (χ4v) is 4.28. The number of benzene rings is 1. The van der Waals surface area contributed by atoms with Crippen molar-refractivity contribution in [3.05, 3.63) is 71.1 Å². The molecule has 8 heteroatoms. The van der Waals surface area contributed by atoms with E-state index in [0.717, 1.165) is 24.2 Å². The zero-order valence-corrected chi connectivity index (χ0v) is 17.2. The molecule has 4 rings (SSSR count). The van der Waals surface area contributed by atoms with Gasteiger partial charge in [0.25, 0.3) is 0 Å². The summed E-state index contributed by atoms with van der Waals surface area (Å²) in [5.41, 5.74) is 7.74. The summed E-state index contributed by atoms with van der Waals surface area (Å²) in [5.74, 6) is -0.726. The van der Waals surface area contributed by atoms with E-state index in [1.807, 2.05) is 47.1 Å². The molecule has 2 N–H and O–H groups in total. The number of amides is 2. The minimum Gasteiger partial charge on any atom is -0.368 e. The number of carbonyl (C=O) groups excluding carboxylic acids is 2. The van der Waals surface area contributed by atoms with Gasteiger partial charge in [-0.25, -0.2) is 4.98 Å². The van der Waals surface area contributed by atoms with Crippen molar-refractivity contribution >= 4 is 29.1 Å². The number of piperidine rings is 1. The van der Waals surface area contributed by atoms with E-state index in [-0.39, 0.29) is 24.5 Å².